The van der Waals surface area contributed by atoms with Crippen molar-refractivity contribution in [3.8, 4) is 5.75 Å². The molecule has 0 N–H and O–H groups in total. The zero-order valence-electron chi connectivity index (χ0n) is 14.4. The molecule has 0 radical (unpaired) electrons. The van der Waals surface area contributed by atoms with E-state index in [1.807, 2.05) is 18.2 Å². The van der Waals surface area contributed by atoms with Crippen LogP contribution in [0.3, 0.4) is 0 Å². The minimum Gasteiger partial charge on any atom is -0.496 e. The molecule has 1 heterocycles. The molecule has 2 rings (SSSR count). The molecule has 24 heavy (non-hydrogen) atoms. The first-order valence-corrected chi connectivity index (χ1v) is 9.14. The minimum absolute atomic E-state index is 0.0500. The highest BCUT2D eigenvalue weighted by atomic mass is 79.9. The van der Waals surface area contributed by atoms with Gasteiger partial charge in [0.2, 0.25) is 11.8 Å². The largest absolute Gasteiger partial charge is 0.496 e. The lowest BCUT2D eigenvalue weighted by molar-refractivity contribution is -0.140. The number of likely N-dealkylation sites (tertiary alicyclic amines) is 1. The quantitative estimate of drug-likeness (QED) is 0.767. The summed E-state index contributed by atoms with van der Waals surface area (Å²) in [7, 11) is 3.38. The molecule has 132 valence electrons. The van der Waals surface area contributed by atoms with Gasteiger partial charge in [0, 0.05) is 36.6 Å². The number of ether oxygens (including phenoxy) is 1. The van der Waals surface area contributed by atoms with Crippen LogP contribution in [0, 0.1) is 0 Å². The maximum absolute atomic E-state index is 12.5. The highest BCUT2D eigenvalue weighted by Gasteiger charge is 2.21. The second kappa shape index (κ2) is 9.06. The first-order valence-electron chi connectivity index (χ1n) is 8.35. The van der Waals surface area contributed by atoms with E-state index in [1.54, 1.807) is 24.0 Å². The standard InChI is InChI=1S/C18H25BrN2O3/c1-20(12-14-11-15(19)8-9-16(14)24-2)18(23)13-21-10-6-4-3-5-7-17(21)22/h8-9,11H,3-7,10,12-13H2,1-2H3. The number of amides is 2. The number of hydrogen-bond acceptors (Lipinski definition) is 3. The van der Waals surface area contributed by atoms with Crippen LogP contribution in [0.2, 0.25) is 0 Å². The molecule has 5 nitrogen and oxygen atoms in total. The molecule has 1 aromatic rings. The van der Waals surface area contributed by atoms with Crippen LogP contribution in [-0.4, -0.2) is 48.9 Å². The van der Waals surface area contributed by atoms with Crippen molar-refractivity contribution in [3.63, 3.8) is 0 Å². The second-order valence-electron chi connectivity index (χ2n) is 6.19. The van der Waals surface area contributed by atoms with Crippen molar-refractivity contribution in [2.75, 3.05) is 27.2 Å². The Kier molecular flexibility index (Phi) is 7.09. The van der Waals surface area contributed by atoms with Crippen LogP contribution in [0.4, 0.5) is 0 Å². The normalized spacial score (nSPS) is 15.6. The number of halogens is 1. The van der Waals surface area contributed by atoms with Crippen molar-refractivity contribution in [1.82, 2.24) is 9.80 Å². The van der Waals surface area contributed by atoms with Crippen molar-refractivity contribution >= 4 is 27.7 Å². The number of methoxy groups -OCH3 is 1. The highest BCUT2D eigenvalue weighted by Crippen LogP contribution is 2.24. The Morgan fingerprint density at radius 3 is 2.79 bits per heavy atom. The van der Waals surface area contributed by atoms with Gasteiger partial charge in [0.15, 0.2) is 0 Å². The molecule has 0 aliphatic carbocycles. The van der Waals surface area contributed by atoms with Crippen molar-refractivity contribution in [2.24, 2.45) is 0 Å². The molecule has 1 aliphatic heterocycles. The first-order chi connectivity index (χ1) is 11.5. The number of carbonyl (C=O) groups excluding carboxylic acids is 2. The summed E-state index contributed by atoms with van der Waals surface area (Å²) in [6.07, 6.45) is 4.69. The summed E-state index contributed by atoms with van der Waals surface area (Å²) in [5.74, 6) is 0.794. The molecule has 0 bridgehead atoms. The van der Waals surface area contributed by atoms with Gasteiger partial charge in [-0.25, -0.2) is 0 Å². The molecular weight excluding hydrogens is 372 g/mol. The fourth-order valence-corrected chi connectivity index (χ4v) is 3.29. The van der Waals surface area contributed by atoms with Crippen LogP contribution >= 0.6 is 15.9 Å². The van der Waals surface area contributed by atoms with Crippen molar-refractivity contribution in [3.05, 3.63) is 28.2 Å². The van der Waals surface area contributed by atoms with E-state index in [0.29, 0.717) is 19.5 Å². The van der Waals surface area contributed by atoms with E-state index in [2.05, 4.69) is 15.9 Å². The van der Waals surface area contributed by atoms with Crippen LogP contribution in [0.25, 0.3) is 0 Å². The lowest BCUT2D eigenvalue weighted by Gasteiger charge is -2.27. The van der Waals surface area contributed by atoms with Gasteiger partial charge in [-0.1, -0.05) is 28.8 Å². The minimum atomic E-state index is -0.0500. The summed E-state index contributed by atoms with van der Waals surface area (Å²) in [6, 6.07) is 5.73. The highest BCUT2D eigenvalue weighted by molar-refractivity contribution is 9.10. The van der Waals surface area contributed by atoms with E-state index in [0.717, 1.165) is 41.5 Å². The van der Waals surface area contributed by atoms with Crippen molar-refractivity contribution < 1.29 is 14.3 Å². The van der Waals surface area contributed by atoms with E-state index < -0.39 is 0 Å². The van der Waals surface area contributed by atoms with Crippen molar-refractivity contribution in [2.45, 2.75) is 38.6 Å². The van der Waals surface area contributed by atoms with Gasteiger partial charge >= 0.3 is 0 Å². The Balaban J connectivity index is 1.98. The van der Waals surface area contributed by atoms with Gasteiger partial charge in [0.1, 0.15) is 5.75 Å². The topological polar surface area (TPSA) is 49.9 Å². The monoisotopic (exact) mass is 396 g/mol. The predicted molar refractivity (Wildman–Crippen MR) is 96.8 cm³/mol. The zero-order valence-corrected chi connectivity index (χ0v) is 16.0. The van der Waals surface area contributed by atoms with E-state index in [4.69, 9.17) is 4.74 Å². The summed E-state index contributed by atoms with van der Waals surface area (Å²) < 4.78 is 6.30. The van der Waals surface area contributed by atoms with E-state index >= 15 is 0 Å². The summed E-state index contributed by atoms with van der Waals surface area (Å²) in [4.78, 5) is 28.0. The molecule has 0 aromatic heterocycles. The number of carbonyl (C=O) groups is 2. The predicted octanol–water partition coefficient (Wildman–Crippen LogP) is 3.21. The van der Waals surface area contributed by atoms with E-state index in [-0.39, 0.29) is 18.4 Å². The summed E-state index contributed by atoms with van der Waals surface area (Å²) in [6.45, 7) is 1.29. The summed E-state index contributed by atoms with van der Waals surface area (Å²) >= 11 is 3.44. The van der Waals surface area contributed by atoms with Crippen LogP contribution in [-0.2, 0) is 16.1 Å². The van der Waals surface area contributed by atoms with Crippen LogP contribution in [0.5, 0.6) is 5.75 Å². The average Bonchev–Trinajstić information content (AvgIpc) is 2.54. The van der Waals surface area contributed by atoms with Gasteiger partial charge in [0.05, 0.1) is 13.7 Å². The molecule has 0 atom stereocenters. The number of hydrogen-bond donors (Lipinski definition) is 0. The number of rotatable bonds is 5. The number of benzene rings is 1. The summed E-state index contributed by atoms with van der Waals surface area (Å²) in [5.41, 5.74) is 0.932. The number of nitrogens with zero attached hydrogens (tertiary/aromatic N) is 2. The smallest absolute Gasteiger partial charge is 0.242 e. The van der Waals surface area contributed by atoms with Gasteiger partial charge < -0.3 is 14.5 Å². The maximum atomic E-state index is 12.5. The fourth-order valence-electron chi connectivity index (χ4n) is 2.88. The Morgan fingerprint density at radius 2 is 2.04 bits per heavy atom. The lowest BCUT2D eigenvalue weighted by atomic mass is 10.1. The molecule has 1 aliphatic rings. The Morgan fingerprint density at radius 1 is 1.29 bits per heavy atom. The molecule has 0 unspecified atom stereocenters. The lowest BCUT2D eigenvalue weighted by Crippen LogP contribution is -2.42. The van der Waals surface area contributed by atoms with Gasteiger partial charge in [-0.2, -0.15) is 0 Å². The average molecular weight is 397 g/mol. The summed E-state index contributed by atoms with van der Waals surface area (Å²) in [5, 5.41) is 0. The fraction of sp³-hybridized carbons (Fsp3) is 0.556. The van der Waals surface area contributed by atoms with Gasteiger partial charge in [-0.05, 0) is 31.0 Å². The molecule has 6 heteroatoms. The maximum Gasteiger partial charge on any atom is 0.242 e. The molecule has 0 saturated carbocycles. The van der Waals surface area contributed by atoms with Crippen LogP contribution in [0.1, 0.15) is 37.7 Å². The van der Waals surface area contributed by atoms with Crippen LogP contribution in [0.15, 0.2) is 22.7 Å². The third-order valence-electron chi connectivity index (χ3n) is 4.32. The SMILES string of the molecule is COc1ccc(Br)cc1CN(C)C(=O)CN1CCCCCCC1=O. The second-order valence-corrected chi connectivity index (χ2v) is 7.10. The molecule has 1 aromatic carbocycles. The Bertz CT molecular complexity index is 592. The van der Waals surface area contributed by atoms with Crippen molar-refractivity contribution in [1.29, 1.82) is 0 Å². The number of likely N-dealkylation sites (N-methyl/N-ethyl adjacent to an activating group) is 1. The zero-order chi connectivity index (χ0) is 17.5. The molecule has 0 spiro atoms. The molecule has 1 fully saturated rings. The third-order valence-corrected chi connectivity index (χ3v) is 4.82. The molecular formula is C18H25BrN2O3. The Hall–Kier alpha value is -1.56. The molecule has 2 amide bonds. The van der Waals surface area contributed by atoms with Crippen LogP contribution < -0.4 is 4.74 Å². The first kappa shape index (κ1) is 18.8. The Labute approximate surface area is 152 Å². The van der Waals surface area contributed by atoms with E-state index in [1.165, 1.54) is 0 Å². The van der Waals surface area contributed by atoms with Gasteiger partial charge in [-0.15, -0.1) is 0 Å². The van der Waals surface area contributed by atoms with Gasteiger partial charge in [-0.3, -0.25) is 9.59 Å². The van der Waals surface area contributed by atoms with Gasteiger partial charge in [0.25, 0.3) is 0 Å². The third kappa shape index (κ3) is 5.23. The molecule has 1 saturated heterocycles. The van der Waals surface area contributed by atoms with E-state index in [9.17, 15) is 9.59 Å².